The van der Waals surface area contributed by atoms with Crippen molar-refractivity contribution in [3.63, 3.8) is 0 Å². The van der Waals surface area contributed by atoms with Crippen LogP contribution in [0.3, 0.4) is 0 Å². The highest BCUT2D eigenvalue weighted by Crippen LogP contribution is 2.33. The molecule has 112 valence electrons. The van der Waals surface area contributed by atoms with Crippen LogP contribution in [0.5, 0.6) is 0 Å². The Morgan fingerprint density at radius 2 is 2.24 bits per heavy atom. The third-order valence-corrected chi connectivity index (χ3v) is 4.81. The molecule has 1 fully saturated rings. The molecule has 0 spiro atoms. The molecule has 0 aliphatic carbocycles. The van der Waals surface area contributed by atoms with Crippen LogP contribution in [0.1, 0.15) is 35.3 Å². The highest BCUT2D eigenvalue weighted by Gasteiger charge is 2.28. The summed E-state index contributed by atoms with van der Waals surface area (Å²) >= 11 is 1.84. The Hall–Kier alpha value is -1.46. The van der Waals surface area contributed by atoms with Gasteiger partial charge in [-0.15, -0.1) is 11.3 Å². The molecule has 3 heterocycles. The third kappa shape index (κ3) is 3.24. The molecule has 0 N–H and O–H groups in total. The second kappa shape index (κ2) is 6.12. The highest BCUT2D eigenvalue weighted by molar-refractivity contribution is 7.09. The molecular weight excluding hydrogens is 280 g/mol. The number of thiophene rings is 1. The largest absolute Gasteiger partial charge is 0.363 e. The maximum atomic E-state index is 4.70. The molecule has 21 heavy (non-hydrogen) atoms. The maximum absolute atomic E-state index is 4.70. The summed E-state index contributed by atoms with van der Waals surface area (Å²) in [4.78, 5) is 15.2. The van der Waals surface area contributed by atoms with E-state index >= 15 is 0 Å². The van der Waals surface area contributed by atoms with Gasteiger partial charge in [-0.1, -0.05) is 6.07 Å². The number of nitrogens with zero attached hydrogens (tertiary/aromatic N) is 4. The molecule has 1 aliphatic heterocycles. The van der Waals surface area contributed by atoms with Crippen LogP contribution in [0.4, 0.5) is 5.82 Å². The Balaban J connectivity index is 1.84. The van der Waals surface area contributed by atoms with Crippen molar-refractivity contribution in [1.29, 1.82) is 0 Å². The highest BCUT2D eigenvalue weighted by atomic mass is 32.1. The Bertz CT molecular complexity index is 594. The average Bonchev–Trinajstić information content (AvgIpc) is 3.10. The third-order valence-electron chi connectivity index (χ3n) is 3.95. The van der Waals surface area contributed by atoms with Crippen molar-refractivity contribution in [2.24, 2.45) is 0 Å². The van der Waals surface area contributed by atoms with Gasteiger partial charge >= 0.3 is 0 Å². The molecule has 2 aromatic heterocycles. The summed E-state index contributed by atoms with van der Waals surface area (Å²) in [6.45, 7) is 4.17. The SMILES string of the molecule is Cc1nc([C@H]2CCCN2Cc2cccs2)cc(N(C)C)n1. The number of likely N-dealkylation sites (tertiary alicyclic amines) is 1. The summed E-state index contributed by atoms with van der Waals surface area (Å²) in [7, 11) is 4.06. The van der Waals surface area contributed by atoms with Crippen molar-refractivity contribution in [1.82, 2.24) is 14.9 Å². The maximum Gasteiger partial charge on any atom is 0.132 e. The molecule has 0 bridgehead atoms. The summed E-state index contributed by atoms with van der Waals surface area (Å²) in [5.74, 6) is 1.86. The van der Waals surface area contributed by atoms with E-state index in [1.54, 1.807) is 0 Å². The number of anilines is 1. The van der Waals surface area contributed by atoms with E-state index in [9.17, 15) is 0 Å². The lowest BCUT2D eigenvalue weighted by atomic mass is 10.1. The van der Waals surface area contributed by atoms with E-state index in [0.29, 0.717) is 6.04 Å². The minimum atomic E-state index is 0.424. The first kappa shape index (κ1) is 14.5. The zero-order valence-electron chi connectivity index (χ0n) is 12.9. The first-order valence-electron chi connectivity index (χ1n) is 7.43. The normalized spacial score (nSPS) is 19.1. The van der Waals surface area contributed by atoms with Gasteiger partial charge in [-0.3, -0.25) is 4.90 Å². The van der Waals surface area contributed by atoms with Crippen molar-refractivity contribution >= 4 is 17.2 Å². The first-order chi connectivity index (χ1) is 10.1. The molecule has 0 saturated carbocycles. The molecule has 0 unspecified atom stereocenters. The molecule has 5 heteroatoms. The summed E-state index contributed by atoms with van der Waals surface area (Å²) < 4.78 is 0. The van der Waals surface area contributed by atoms with Crippen LogP contribution in [0.15, 0.2) is 23.6 Å². The van der Waals surface area contributed by atoms with E-state index in [1.165, 1.54) is 23.4 Å². The van der Waals surface area contributed by atoms with Crippen molar-refractivity contribution in [2.75, 3.05) is 25.5 Å². The number of aromatic nitrogens is 2. The van der Waals surface area contributed by atoms with Gasteiger partial charge in [0.25, 0.3) is 0 Å². The van der Waals surface area contributed by atoms with Gasteiger partial charge in [0.2, 0.25) is 0 Å². The van der Waals surface area contributed by atoms with E-state index in [2.05, 4.69) is 38.4 Å². The predicted octanol–water partition coefficient (Wildman–Crippen LogP) is 3.25. The Morgan fingerprint density at radius 1 is 1.38 bits per heavy atom. The van der Waals surface area contributed by atoms with Crippen molar-refractivity contribution in [3.05, 3.63) is 40.0 Å². The van der Waals surface area contributed by atoms with Gasteiger partial charge in [-0.2, -0.15) is 0 Å². The molecular formula is C16H22N4S. The summed E-state index contributed by atoms with van der Waals surface area (Å²) in [5, 5.41) is 2.15. The van der Waals surface area contributed by atoms with Gasteiger partial charge < -0.3 is 4.90 Å². The first-order valence-corrected chi connectivity index (χ1v) is 8.31. The van der Waals surface area contributed by atoms with E-state index < -0.39 is 0 Å². The number of hydrogen-bond donors (Lipinski definition) is 0. The summed E-state index contributed by atoms with van der Waals surface area (Å²) in [6, 6.07) is 6.91. The second-order valence-electron chi connectivity index (χ2n) is 5.80. The van der Waals surface area contributed by atoms with Gasteiger partial charge in [0.1, 0.15) is 11.6 Å². The zero-order valence-corrected chi connectivity index (χ0v) is 13.7. The van der Waals surface area contributed by atoms with Gasteiger partial charge in [0, 0.05) is 31.6 Å². The Morgan fingerprint density at radius 3 is 2.95 bits per heavy atom. The van der Waals surface area contributed by atoms with Gasteiger partial charge in [-0.25, -0.2) is 9.97 Å². The molecule has 3 rings (SSSR count). The molecule has 2 aromatic rings. The van der Waals surface area contributed by atoms with Crippen LogP contribution in [0.2, 0.25) is 0 Å². The van der Waals surface area contributed by atoms with Crippen LogP contribution >= 0.6 is 11.3 Å². The second-order valence-corrected chi connectivity index (χ2v) is 6.83. The quantitative estimate of drug-likeness (QED) is 0.868. The van der Waals surface area contributed by atoms with Gasteiger partial charge in [-0.05, 0) is 37.8 Å². The van der Waals surface area contributed by atoms with Gasteiger partial charge in [0.05, 0.1) is 11.7 Å². The molecule has 1 saturated heterocycles. The zero-order chi connectivity index (χ0) is 14.8. The Kier molecular flexibility index (Phi) is 4.22. The Labute approximate surface area is 130 Å². The minimum Gasteiger partial charge on any atom is -0.363 e. The number of hydrogen-bond acceptors (Lipinski definition) is 5. The average molecular weight is 302 g/mol. The van der Waals surface area contributed by atoms with Crippen molar-refractivity contribution in [2.45, 2.75) is 32.4 Å². The van der Waals surface area contributed by atoms with E-state index in [4.69, 9.17) is 4.98 Å². The van der Waals surface area contributed by atoms with Crippen molar-refractivity contribution < 1.29 is 0 Å². The summed E-state index contributed by atoms with van der Waals surface area (Å²) in [6.07, 6.45) is 2.44. The molecule has 0 aromatic carbocycles. The van der Waals surface area contributed by atoms with Crippen LogP contribution in [0, 0.1) is 6.92 Å². The molecule has 1 atom stereocenters. The lowest BCUT2D eigenvalue weighted by molar-refractivity contribution is 0.246. The van der Waals surface area contributed by atoms with E-state index in [0.717, 1.165) is 24.7 Å². The summed E-state index contributed by atoms with van der Waals surface area (Å²) in [5.41, 5.74) is 1.17. The standard InChI is InChI=1S/C16H22N4S/c1-12-17-14(10-16(18-12)19(2)3)15-7-4-8-20(15)11-13-6-5-9-21-13/h5-6,9-10,15H,4,7-8,11H2,1-3H3/t15-/m1/s1. The van der Waals surface area contributed by atoms with Gasteiger partial charge in [0.15, 0.2) is 0 Å². The van der Waals surface area contributed by atoms with E-state index in [1.807, 2.05) is 32.4 Å². The monoisotopic (exact) mass is 302 g/mol. The minimum absolute atomic E-state index is 0.424. The lowest BCUT2D eigenvalue weighted by Gasteiger charge is -2.24. The predicted molar refractivity (Wildman–Crippen MR) is 87.8 cm³/mol. The fourth-order valence-electron chi connectivity index (χ4n) is 2.93. The fourth-order valence-corrected chi connectivity index (χ4v) is 3.66. The fraction of sp³-hybridized carbons (Fsp3) is 0.500. The van der Waals surface area contributed by atoms with Crippen LogP contribution < -0.4 is 4.90 Å². The van der Waals surface area contributed by atoms with Crippen LogP contribution in [-0.4, -0.2) is 35.5 Å². The van der Waals surface area contributed by atoms with Crippen LogP contribution in [-0.2, 0) is 6.54 Å². The smallest absolute Gasteiger partial charge is 0.132 e. The molecule has 1 aliphatic rings. The molecule has 0 radical (unpaired) electrons. The van der Waals surface area contributed by atoms with Crippen molar-refractivity contribution in [3.8, 4) is 0 Å². The van der Waals surface area contributed by atoms with E-state index in [-0.39, 0.29) is 0 Å². The molecule has 4 nitrogen and oxygen atoms in total. The molecule has 0 amide bonds. The number of rotatable bonds is 4. The number of aryl methyl sites for hydroxylation is 1. The van der Waals surface area contributed by atoms with Crippen LogP contribution in [0.25, 0.3) is 0 Å². The topological polar surface area (TPSA) is 32.3 Å². The lowest BCUT2D eigenvalue weighted by Crippen LogP contribution is -2.24.